The fourth-order valence-corrected chi connectivity index (χ4v) is 4.70. The Balaban J connectivity index is 1.41. The van der Waals surface area contributed by atoms with Crippen molar-refractivity contribution in [3.05, 3.63) is 80.5 Å². The molecule has 1 atom stereocenters. The van der Waals surface area contributed by atoms with Gasteiger partial charge in [-0.2, -0.15) is 4.98 Å². The van der Waals surface area contributed by atoms with Gasteiger partial charge in [-0.15, -0.1) is 0 Å². The first-order chi connectivity index (χ1) is 17.8. The molecule has 5 rings (SSSR count). The molecule has 2 N–H and O–H groups in total. The molecule has 37 heavy (non-hydrogen) atoms. The molecule has 2 aromatic heterocycles. The summed E-state index contributed by atoms with van der Waals surface area (Å²) in [6, 6.07) is 16.0. The number of anilines is 2. The van der Waals surface area contributed by atoms with E-state index in [1.807, 2.05) is 50.2 Å². The van der Waals surface area contributed by atoms with Gasteiger partial charge in [-0.1, -0.05) is 24.3 Å². The highest BCUT2D eigenvalue weighted by atomic mass is 16.5. The summed E-state index contributed by atoms with van der Waals surface area (Å²) in [5.74, 6) is 1.23. The number of benzene rings is 2. The van der Waals surface area contributed by atoms with E-state index < -0.39 is 17.4 Å². The lowest BCUT2D eigenvalue weighted by molar-refractivity contribution is 0.0936. The highest BCUT2D eigenvalue weighted by Crippen LogP contribution is 2.24. The van der Waals surface area contributed by atoms with Crippen LogP contribution in [0, 0.1) is 13.8 Å². The quantitative estimate of drug-likeness (QED) is 0.395. The molecular weight excluding hydrogens is 472 g/mol. The zero-order valence-corrected chi connectivity index (χ0v) is 21.3. The Hall–Kier alpha value is -4.05. The lowest BCUT2D eigenvalue weighted by Crippen LogP contribution is -2.47. The minimum Gasteiger partial charge on any atom is -0.491 e. The second-order valence-corrected chi connectivity index (χ2v) is 9.53. The molecule has 1 aliphatic heterocycles. The van der Waals surface area contributed by atoms with Gasteiger partial charge in [0.25, 0.3) is 5.56 Å². The van der Waals surface area contributed by atoms with Crippen LogP contribution in [-0.4, -0.2) is 63.1 Å². The van der Waals surface area contributed by atoms with Gasteiger partial charge in [0.15, 0.2) is 11.2 Å². The van der Waals surface area contributed by atoms with Crippen LogP contribution in [0.5, 0.6) is 5.75 Å². The van der Waals surface area contributed by atoms with E-state index in [0.29, 0.717) is 24.8 Å². The normalized spacial score (nSPS) is 14.8. The van der Waals surface area contributed by atoms with Crippen LogP contribution in [0.25, 0.3) is 11.2 Å². The molecule has 3 heterocycles. The largest absolute Gasteiger partial charge is 0.491 e. The Morgan fingerprint density at radius 3 is 2.41 bits per heavy atom. The van der Waals surface area contributed by atoms with Gasteiger partial charge in [-0.25, -0.2) is 4.79 Å². The predicted octanol–water partition coefficient (Wildman–Crippen LogP) is 1.81. The highest BCUT2D eigenvalue weighted by molar-refractivity contribution is 5.74. The molecule has 194 valence electrons. The third-order valence-electron chi connectivity index (χ3n) is 6.98. The smallest absolute Gasteiger partial charge is 0.329 e. The molecule has 1 fully saturated rings. The van der Waals surface area contributed by atoms with Crippen LogP contribution in [0.3, 0.4) is 0 Å². The van der Waals surface area contributed by atoms with Gasteiger partial charge in [-0.05, 0) is 49.2 Å². The number of aromatic nitrogens is 4. The third-order valence-corrected chi connectivity index (χ3v) is 6.98. The Morgan fingerprint density at radius 1 is 1.00 bits per heavy atom. The van der Waals surface area contributed by atoms with E-state index in [0.717, 1.165) is 24.3 Å². The van der Waals surface area contributed by atoms with E-state index in [2.05, 4.69) is 26.9 Å². The van der Waals surface area contributed by atoms with E-state index in [4.69, 9.17) is 9.72 Å². The number of ether oxygens (including phenoxy) is 1. The molecule has 0 aliphatic carbocycles. The van der Waals surface area contributed by atoms with Gasteiger partial charge < -0.3 is 24.2 Å². The van der Waals surface area contributed by atoms with Gasteiger partial charge in [-0.3, -0.25) is 14.3 Å². The van der Waals surface area contributed by atoms with Gasteiger partial charge in [0.1, 0.15) is 18.5 Å². The van der Waals surface area contributed by atoms with Crippen LogP contribution >= 0.6 is 0 Å². The number of nitrogens with one attached hydrogen (secondary N) is 1. The molecule has 0 saturated carbocycles. The molecule has 1 saturated heterocycles. The van der Waals surface area contributed by atoms with Crippen molar-refractivity contribution < 1.29 is 9.84 Å². The average Bonchev–Trinajstić information content (AvgIpc) is 3.28. The first-order valence-electron chi connectivity index (χ1n) is 12.4. The summed E-state index contributed by atoms with van der Waals surface area (Å²) < 4.78 is 8.88. The molecule has 0 bridgehead atoms. The molecule has 2 aromatic carbocycles. The number of fused-ring (bicyclic) bond motifs is 1. The zero-order valence-electron chi connectivity index (χ0n) is 21.3. The number of hydrogen-bond acceptors (Lipinski definition) is 7. The van der Waals surface area contributed by atoms with Crippen LogP contribution in [0.1, 0.15) is 11.1 Å². The number of para-hydroxylation sites is 1. The van der Waals surface area contributed by atoms with Crippen molar-refractivity contribution in [1.82, 2.24) is 19.1 Å². The lowest BCUT2D eigenvalue weighted by atomic mass is 10.1. The fraction of sp³-hybridized carbons (Fsp3) is 0.370. The summed E-state index contributed by atoms with van der Waals surface area (Å²) in [6.45, 7) is 7.10. The molecule has 0 radical (unpaired) electrons. The number of imidazole rings is 1. The number of aliphatic hydroxyl groups is 1. The number of piperazine rings is 1. The van der Waals surface area contributed by atoms with Crippen molar-refractivity contribution in [1.29, 1.82) is 0 Å². The van der Waals surface area contributed by atoms with Gasteiger partial charge in [0, 0.05) is 38.9 Å². The minimum atomic E-state index is -0.903. The predicted molar refractivity (Wildman–Crippen MR) is 144 cm³/mol. The number of aliphatic hydroxyl groups excluding tert-OH is 1. The van der Waals surface area contributed by atoms with E-state index in [-0.39, 0.29) is 24.3 Å². The highest BCUT2D eigenvalue weighted by Gasteiger charge is 2.26. The van der Waals surface area contributed by atoms with Crippen molar-refractivity contribution in [2.75, 3.05) is 42.6 Å². The maximum Gasteiger partial charge on any atom is 0.329 e. The molecule has 4 aromatic rings. The maximum atomic E-state index is 12.9. The van der Waals surface area contributed by atoms with E-state index in [1.165, 1.54) is 10.1 Å². The minimum absolute atomic E-state index is 0.0487. The van der Waals surface area contributed by atoms with Gasteiger partial charge in [0.2, 0.25) is 5.95 Å². The molecule has 0 amide bonds. The van der Waals surface area contributed by atoms with Crippen molar-refractivity contribution in [2.24, 2.45) is 7.05 Å². The standard InChI is InChI=1S/C27H32N6O4/c1-18-9-10-22(15-19(18)2)37-17-21(34)16-33-23-24(30(3)27(36)29-25(23)35)28-26(33)32-13-11-31(12-14-32)20-7-5-4-6-8-20/h4-10,15,21,34H,11-14,16-17H2,1-3H3,(H,29,35,36)/t21-/m0/s1. The Bertz CT molecular complexity index is 1520. The third kappa shape index (κ3) is 4.97. The summed E-state index contributed by atoms with van der Waals surface area (Å²) in [4.78, 5) is 36.6. The van der Waals surface area contributed by atoms with Crippen molar-refractivity contribution >= 4 is 22.8 Å². The van der Waals surface area contributed by atoms with Crippen LogP contribution in [0.2, 0.25) is 0 Å². The summed E-state index contributed by atoms with van der Waals surface area (Å²) in [7, 11) is 1.58. The summed E-state index contributed by atoms with van der Waals surface area (Å²) in [6.07, 6.45) is -0.903. The molecular formula is C27H32N6O4. The van der Waals surface area contributed by atoms with Crippen molar-refractivity contribution in [3.8, 4) is 5.75 Å². The summed E-state index contributed by atoms with van der Waals surface area (Å²) >= 11 is 0. The number of nitrogens with zero attached hydrogens (tertiary/aromatic N) is 5. The first-order valence-corrected chi connectivity index (χ1v) is 12.4. The van der Waals surface area contributed by atoms with E-state index >= 15 is 0 Å². The van der Waals surface area contributed by atoms with Crippen molar-refractivity contribution in [2.45, 2.75) is 26.5 Å². The molecule has 0 spiro atoms. The van der Waals surface area contributed by atoms with Crippen LogP contribution < -0.4 is 25.8 Å². The Kier molecular flexibility index (Phi) is 6.75. The van der Waals surface area contributed by atoms with Crippen LogP contribution in [0.4, 0.5) is 11.6 Å². The van der Waals surface area contributed by atoms with Gasteiger partial charge in [0.05, 0.1) is 6.54 Å². The monoisotopic (exact) mass is 504 g/mol. The fourth-order valence-electron chi connectivity index (χ4n) is 4.70. The number of hydrogen-bond donors (Lipinski definition) is 2. The number of aryl methyl sites for hydroxylation is 3. The number of H-pyrrole nitrogens is 1. The Labute approximate surface area is 214 Å². The summed E-state index contributed by atoms with van der Waals surface area (Å²) in [5.41, 5.74) is 2.93. The number of rotatable bonds is 7. The molecule has 10 nitrogen and oxygen atoms in total. The second kappa shape index (κ2) is 10.1. The summed E-state index contributed by atoms with van der Waals surface area (Å²) in [5, 5.41) is 10.9. The van der Waals surface area contributed by atoms with E-state index in [1.54, 1.807) is 11.6 Å². The number of aromatic amines is 1. The SMILES string of the molecule is Cc1ccc(OC[C@@H](O)Cn2c(N3CCN(c4ccccc4)CC3)nc3c2c(=O)[nH]c(=O)n3C)cc1C. The van der Waals surface area contributed by atoms with Crippen LogP contribution in [0.15, 0.2) is 58.1 Å². The average molecular weight is 505 g/mol. The zero-order chi connectivity index (χ0) is 26.1. The molecule has 1 aliphatic rings. The maximum absolute atomic E-state index is 12.9. The second-order valence-electron chi connectivity index (χ2n) is 9.53. The molecule has 0 unspecified atom stereocenters. The van der Waals surface area contributed by atoms with Crippen LogP contribution in [-0.2, 0) is 13.6 Å². The topological polar surface area (TPSA) is 109 Å². The first kappa shape index (κ1) is 24.6. The van der Waals surface area contributed by atoms with Crippen molar-refractivity contribution in [3.63, 3.8) is 0 Å². The Morgan fingerprint density at radius 2 is 1.70 bits per heavy atom. The van der Waals surface area contributed by atoms with E-state index in [9.17, 15) is 14.7 Å². The van der Waals surface area contributed by atoms with Gasteiger partial charge >= 0.3 is 5.69 Å². The molecule has 10 heteroatoms. The lowest BCUT2D eigenvalue weighted by Gasteiger charge is -2.36.